The molecule has 1 N–H and O–H groups in total. The number of nitrogens with one attached hydrogen (secondary N) is 1. The molecule has 0 saturated carbocycles. The van der Waals surface area contributed by atoms with Gasteiger partial charge in [0.25, 0.3) is 0 Å². The van der Waals surface area contributed by atoms with Crippen molar-refractivity contribution in [3.05, 3.63) is 0 Å². The average Bonchev–Trinajstić information content (AvgIpc) is 2.13. The molecule has 1 saturated heterocycles. The van der Waals surface area contributed by atoms with Crippen LogP contribution in [0.15, 0.2) is 0 Å². The van der Waals surface area contributed by atoms with Crippen LogP contribution < -0.4 is 5.32 Å². The Hall–Kier alpha value is -0.0400. The summed E-state index contributed by atoms with van der Waals surface area (Å²) < 4.78 is 0. The minimum Gasteiger partial charge on any atom is -0.314 e. The lowest BCUT2D eigenvalue weighted by molar-refractivity contribution is 0.457. The highest BCUT2D eigenvalue weighted by molar-refractivity contribution is 4.79. The largest absolute Gasteiger partial charge is 0.314 e. The van der Waals surface area contributed by atoms with Crippen molar-refractivity contribution in [2.24, 2.45) is 11.8 Å². The number of hydrogen-bond acceptors (Lipinski definition) is 1. The molecule has 1 aliphatic heterocycles. The predicted molar refractivity (Wildman–Crippen MR) is 45.0 cm³/mol. The monoisotopic (exact) mass is 141 g/mol. The molecule has 0 aliphatic carbocycles. The van der Waals surface area contributed by atoms with Crippen LogP contribution in [-0.2, 0) is 0 Å². The maximum absolute atomic E-state index is 3.54. The van der Waals surface area contributed by atoms with Crippen LogP contribution >= 0.6 is 0 Å². The quantitative estimate of drug-likeness (QED) is 0.620. The first-order valence-corrected chi connectivity index (χ1v) is 4.42. The van der Waals surface area contributed by atoms with Crippen molar-refractivity contribution in [1.29, 1.82) is 0 Å². The van der Waals surface area contributed by atoms with Gasteiger partial charge >= 0.3 is 0 Å². The molecule has 1 fully saturated rings. The molecule has 0 bridgehead atoms. The van der Waals surface area contributed by atoms with E-state index < -0.39 is 0 Å². The molecule has 1 heterocycles. The first-order valence-electron chi connectivity index (χ1n) is 4.42. The highest BCUT2D eigenvalue weighted by Crippen LogP contribution is 2.18. The Kier molecular flexibility index (Phi) is 2.72. The molecule has 0 aromatic heterocycles. The van der Waals surface area contributed by atoms with Crippen LogP contribution in [0.5, 0.6) is 0 Å². The van der Waals surface area contributed by atoms with Crippen LogP contribution in [0.25, 0.3) is 0 Å². The average molecular weight is 141 g/mol. The second-order valence-corrected chi connectivity index (χ2v) is 4.08. The zero-order valence-electron chi connectivity index (χ0n) is 7.35. The van der Waals surface area contributed by atoms with E-state index in [1.54, 1.807) is 0 Å². The smallest absolute Gasteiger partial charge is 0.00726 e. The SMILES string of the molecule is CC(C)C[C@H]1C[C@H](C)CN1. The third-order valence-corrected chi connectivity index (χ3v) is 2.20. The van der Waals surface area contributed by atoms with E-state index in [2.05, 4.69) is 26.1 Å². The minimum atomic E-state index is 0.815. The third kappa shape index (κ3) is 2.30. The van der Waals surface area contributed by atoms with Crippen LogP contribution in [-0.4, -0.2) is 12.6 Å². The molecule has 60 valence electrons. The summed E-state index contributed by atoms with van der Waals surface area (Å²) in [6.07, 6.45) is 2.74. The van der Waals surface area contributed by atoms with Crippen molar-refractivity contribution >= 4 is 0 Å². The van der Waals surface area contributed by atoms with Gasteiger partial charge in [-0.05, 0) is 31.2 Å². The number of hydrogen-bond donors (Lipinski definition) is 1. The maximum atomic E-state index is 3.54. The van der Waals surface area contributed by atoms with E-state index in [-0.39, 0.29) is 0 Å². The Morgan fingerprint density at radius 3 is 2.60 bits per heavy atom. The summed E-state index contributed by atoms with van der Waals surface area (Å²) in [6, 6.07) is 0.815. The van der Waals surface area contributed by atoms with Crippen molar-refractivity contribution in [2.45, 2.75) is 39.7 Å². The fourth-order valence-electron chi connectivity index (χ4n) is 1.77. The van der Waals surface area contributed by atoms with Gasteiger partial charge in [-0.2, -0.15) is 0 Å². The van der Waals surface area contributed by atoms with Crippen LogP contribution in [0.3, 0.4) is 0 Å². The lowest BCUT2D eigenvalue weighted by Crippen LogP contribution is -2.22. The summed E-state index contributed by atoms with van der Waals surface area (Å²) in [5, 5.41) is 3.54. The van der Waals surface area contributed by atoms with Crippen molar-refractivity contribution in [1.82, 2.24) is 5.32 Å². The van der Waals surface area contributed by atoms with E-state index >= 15 is 0 Å². The highest BCUT2D eigenvalue weighted by atomic mass is 14.9. The summed E-state index contributed by atoms with van der Waals surface area (Å²) in [5.74, 6) is 1.76. The van der Waals surface area contributed by atoms with Gasteiger partial charge in [-0.25, -0.2) is 0 Å². The van der Waals surface area contributed by atoms with E-state index in [0.717, 1.165) is 17.9 Å². The lowest BCUT2D eigenvalue weighted by atomic mass is 10.00. The van der Waals surface area contributed by atoms with Crippen molar-refractivity contribution in [3.63, 3.8) is 0 Å². The molecule has 0 aromatic rings. The number of rotatable bonds is 2. The summed E-state index contributed by atoms with van der Waals surface area (Å²) in [7, 11) is 0. The summed E-state index contributed by atoms with van der Waals surface area (Å²) in [4.78, 5) is 0. The van der Waals surface area contributed by atoms with Gasteiger partial charge in [0.05, 0.1) is 0 Å². The van der Waals surface area contributed by atoms with E-state index in [1.807, 2.05) is 0 Å². The van der Waals surface area contributed by atoms with E-state index in [9.17, 15) is 0 Å². The molecule has 0 radical (unpaired) electrons. The fourth-order valence-corrected chi connectivity index (χ4v) is 1.77. The van der Waals surface area contributed by atoms with Gasteiger partial charge in [-0.15, -0.1) is 0 Å². The summed E-state index contributed by atoms with van der Waals surface area (Å²) >= 11 is 0. The van der Waals surface area contributed by atoms with Gasteiger partial charge in [0, 0.05) is 6.04 Å². The van der Waals surface area contributed by atoms with Crippen LogP contribution in [0, 0.1) is 11.8 Å². The molecule has 1 rings (SSSR count). The molecule has 2 atom stereocenters. The lowest BCUT2D eigenvalue weighted by Gasteiger charge is -2.11. The van der Waals surface area contributed by atoms with Gasteiger partial charge in [0.1, 0.15) is 0 Å². The Morgan fingerprint density at radius 1 is 1.50 bits per heavy atom. The van der Waals surface area contributed by atoms with E-state index in [0.29, 0.717) is 0 Å². The Bertz CT molecular complexity index is 98.9. The Labute approximate surface area is 64.2 Å². The molecule has 0 amide bonds. The highest BCUT2D eigenvalue weighted by Gasteiger charge is 2.20. The van der Waals surface area contributed by atoms with Crippen LogP contribution in [0.1, 0.15) is 33.6 Å². The zero-order chi connectivity index (χ0) is 7.56. The topological polar surface area (TPSA) is 12.0 Å². The molecule has 0 spiro atoms. The molecule has 10 heavy (non-hydrogen) atoms. The van der Waals surface area contributed by atoms with Crippen LogP contribution in [0.2, 0.25) is 0 Å². The summed E-state index contributed by atoms with van der Waals surface area (Å²) in [6.45, 7) is 8.15. The Balaban J connectivity index is 2.18. The van der Waals surface area contributed by atoms with Gasteiger partial charge in [-0.3, -0.25) is 0 Å². The predicted octanol–water partition coefficient (Wildman–Crippen LogP) is 2.03. The van der Waals surface area contributed by atoms with Crippen molar-refractivity contribution < 1.29 is 0 Å². The molecule has 1 nitrogen and oxygen atoms in total. The van der Waals surface area contributed by atoms with Gasteiger partial charge < -0.3 is 5.32 Å². The summed E-state index contributed by atoms with van der Waals surface area (Å²) in [5.41, 5.74) is 0. The standard InChI is InChI=1S/C9H19N/c1-7(2)4-9-5-8(3)6-10-9/h7-10H,4-6H2,1-3H3/t8-,9-/m0/s1. The van der Waals surface area contributed by atoms with Gasteiger partial charge in [-0.1, -0.05) is 20.8 Å². The first kappa shape index (κ1) is 8.06. The molecular weight excluding hydrogens is 122 g/mol. The van der Waals surface area contributed by atoms with Gasteiger partial charge in [0.2, 0.25) is 0 Å². The first-order chi connectivity index (χ1) is 4.68. The van der Waals surface area contributed by atoms with Gasteiger partial charge in [0.15, 0.2) is 0 Å². The second kappa shape index (κ2) is 3.38. The maximum Gasteiger partial charge on any atom is 0.00726 e. The molecule has 1 aliphatic rings. The van der Waals surface area contributed by atoms with Crippen molar-refractivity contribution in [3.8, 4) is 0 Å². The van der Waals surface area contributed by atoms with Crippen LogP contribution in [0.4, 0.5) is 0 Å². The Morgan fingerprint density at radius 2 is 2.20 bits per heavy atom. The molecular formula is C9H19N. The third-order valence-electron chi connectivity index (χ3n) is 2.20. The van der Waals surface area contributed by atoms with E-state index in [1.165, 1.54) is 19.4 Å². The van der Waals surface area contributed by atoms with Crippen molar-refractivity contribution in [2.75, 3.05) is 6.54 Å². The molecule has 0 unspecified atom stereocenters. The second-order valence-electron chi connectivity index (χ2n) is 4.08. The minimum absolute atomic E-state index is 0.815. The molecule has 1 heteroatoms. The zero-order valence-corrected chi connectivity index (χ0v) is 7.35. The van der Waals surface area contributed by atoms with E-state index in [4.69, 9.17) is 0 Å². The molecule has 0 aromatic carbocycles. The normalized spacial score (nSPS) is 33.6. The fraction of sp³-hybridized carbons (Fsp3) is 1.00.